The number of nitrogens with one attached hydrogen (secondary N) is 1. The maximum atomic E-state index is 4.07. The first-order valence-corrected chi connectivity index (χ1v) is 4.46. The van der Waals surface area contributed by atoms with Crippen molar-refractivity contribution in [2.75, 3.05) is 19.3 Å². The van der Waals surface area contributed by atoms with Crippen LogP contribution in [0.5, 0.6) is 0 Å². The molecular weight excluding hydrogens is 229 g/mol. The molecule has 0 radical (unpaired) electrons. The van der Waals surface area contributed by atoms with E-state index in [0.717, 1.165) is 17.5 Å². The monoisotopic (exact) mass is 241 g/mol. The normalized spacial score (nSPS) is 8.38. The summed E-state index contributed by atoms with van der Waals surface area (Å²) in [5.74, 6) is 1.01. The van der Waals surface area contributed by atoms with Crippen molar-refractivity contribution < 1.29 is 0 Å². The summed E-state index contributed by atoms with van der Waals surface area (Å²) in [7, 11) is 1.94. The van der Waals surface area contributed by atoms with E-state index in [4.69, 9.17) is 0 Å². The van der Waals surface area contributed by atoms with Crippen LogP contribution >= 0.6 is 36.6 Å². The van der Waals surface area contributed by atoms with Gasteiger partial charge in [-0.15, -0.1) is 24.8 Å². The van der Waals surface area contributed by atoms with Gasteiger partial charge in [-0.3, -0.25) is 0 Å². The Kier molecular flexibility index (Phi) is 11.9. The summed E-state index contributed by atoms with van der Waals surface area (Å²) >= 11 is 1.66. The Hall–Kier alpha value is -0.0300. The summed E-state index contributed by atoms with van der Waals surface area (Å²) in [5.41, 5.74) is 0. The van der Waals surface area contributed by atoms with Gasteiger partial charge in [0, 0.05) is 24.7 Å². The van der Waals surface area contributed by atoms with Crippen molar-refractivity contribution in [1.82, 2.24) is 15.3 Å². The van der Waals surface area contributed by atoms with Crippen LogP contribution in [-0.4, -0.2) is 29.3 Å². The third kappa shape index (κ3) is 7.07. The molecule has 1 heterocycles. The molecule has 0 spiro atoms. The molecule has 0 aliphatic heterocycles. The fourth-order valence-electron chi connectivity index (χ4n) is 0.604. The fraction of sp³-hybridized carbons (Fsp3) is 0.429. The Balaban J connectivity index is 0. The largest absolute Gasteiger partial charge is 0.319 e. The minimum atomic E-state index is 0. The van der Waals surface area contributed by atoms with E-state index in [1.807, 2.05) is 13.1 Å². The van der Waals surface area contributed by atoms with Crippen LogP contribution in [0.15, 0.2) is 23.6 Å². The maximum Gasteiger partial charge on any atom is 0.187 e. The standard InChI is InChI=1S/C7H11N3S.2ClH/c1-8-5-6-11-7-9-3-2-4-10-7;;/h2-4,8H,5-6H2,1H3;2*1H. The van der Waals surface area contributed by atoms with E-state index in [-0.39, 0.29) is 24.8 Å². The second-order valence-corrected chi connectivity index (χ2v) is 3.05. The van der Waals surface area contributed by atoms with Gasteiger partial charge in [0.1, 0.15) is 0 Å². The molecule has 0 aliphatic rings. The van der Waals surface area contributed by atoms with Crippen LogP contribution in [0.25, 0.3) is 0 Å². The highest BCUT2D eigenvalue weighted by molar-refractivity contribution is 7.99. The van der Waals surface area contributed by atoms with Gasteiger partial charge in [-0.1, -0.05) is 11.8 Å². The summed E-state index contributed by atoms with van der Waals surface area (Å²) in [4.78, 5) is 8.15. The van der Waals surface area contributed by atoms with Gasteiger partial charge in [-0.05, 0) is 13.1 Å². The molecule has 1 rings (SSSR count). The molecule has 0 aliphatic carbocycles. The minimum absolute atomic E-state index is 0. The van der Waals surface area contributed by atoms with Crippen LogP contribution in [0.2, 0.25) is 0 Å². The Bertz CT molecular complexity index is 198. The first-order chi connectivity index (χ1) is 5.43. The fourth-order valence-corrected chi connectivity index (χ4v) is 1.36. The lowest BCUT2D eigenvalue weighted by Gasteiger charge is -1.96. The quantitative estimate of drug-likeness (QED) is 0.494. The van der Waals surface area contributed by atoms with Crippen molar-refractivity contribution in [3.8, 4) is 0 Å². The first kappa shape index (κ1) is 15.4. The van der Waals surface area contributed by atoms with E-state index in [1.54, 1.807) is 24.2 Å². The van der Waals surface area contributed by atoms with Crippen molar-refractivity contribution >= 4 is 36.6 Å². The lowest BCUT2D eigenvalue weighted by atomic mass is 10.7. The van der Waals surface area contributed by atoms with Crippen LogP contribution < -0.4 is 5.32 Å². The van der Waals surface area contributed by atoms with Crippen molar-refractivity contribution in [2.45, 2.75) is 5.16 Å². The van der Waals surface area contributed by atoms with E-state index in [1.165, 1.54) is 0 Å². The van der Waals surface area contributed by atoms with Gasteiger partial charge >= 0.3 is 0 Å². The predicted molar refractivity (Wildman–Crippen MR) is 61.2 cm³/mol. The lowest BCUT2D eigenvalue weighted by Crippen LogP contribution is -2.09. The molecular formula is C7H13Cl2N3S. The van der Waals surface area contributed by atoms with Crippen molar-refractivity contribution in [3.05, 3.63) is 18.5 Å². The molecule has 0 unspecified atom stereocenters. The summed E-state index contributed by atoms with van der Waals surface area (Å²) in [6, 6.07) is 1.82. The summed E-state index contributed by atoms with van der Waals surface area (Å²) in [5, 5.41) is 3.91. The molecule has 0 amide bonds. The Labute approximate surface area is 94.9 Å². The van der Waals surface area contributed by atoms with E-state index in [0.29, 0.717) is 0 Å². The van der Waals surface area contributed by atoms with Gasteiger partial charge in [0.2, 0.25) is 0 Å². The molecule has 1 N–H and O–H groups in total. The maximum absolute atomic E-state index is 4.07. The van der Waals surface area contributed by atoms with Crippen LogP contribution in [0.4, 0.5) is 0 Å². The number of halogens is 2. The van der Waals surface area contributed by atoms with E-state index in [2.05, 4.69) is 15.3 Å². The topological polar surface area (TPSA) is 37.8 Å². The molecule has 6 heteroatoms. The SMILES string of the molecule is CNCCSc1ncccn1.Cl.Cl. The first-order valence-electron chi connectivity index (χ1n) is 3.48. The Morgan fingerprint density at radius 2 is 1.92 bits per heavy atom. The molecule has 3 nitrogen and oxygen atoms in total. The van der Waals surface area contributed by atoms with Gasteiger partial charge in [0.25, 0.3) is 0 Å². The molecule has 13 heavy (non-hydrogen) atoms. The third-order valence-corrected chi connectivity index (χ3v) is 2.00. The van der Waals surface area contributed by atoms with Crippen LogP contribution in [-0.2, 0) is 0 Å². The number of aromatic nitrogens is 2. The van der Waals surface area contributed by atoms with Crippen molar-refractivity contribution in [1.29, 1.82) is 0 Å². The van der Waals surface area contributed by atoms with E-state index >= 15 is 0 Å². The predicted octanol–water partition coefficient (Wildman–Crippen LogP) is 1.63. The third-order valence-electron chi connectivity index (χ3n) is 1.13. The summed E-state index contributed by atoms with van der Waals surface area (Å²) < 4.78 is 0. The summed E-state index contributed by atoms with van der Waals surface area (Å²) in [6.45, 7) is 0.989. The molecule has 0 saturated heterocycles. The average molecular weight is 242 g/mol. The molecule has 1 aromatic heterocycles. The number of nitrogens with zero attached hydrogens (tertiary/aromatic N) is 2. The zero-order valence-corrected chi connectivity index (χ0v) is 9.71. The van der Waals surface area contributed by atoms with Gasteiger partial charge in [-0.2, -0.15) is 0 Å². The number of hydrogen-bond acceptors (Lipinski definition) is 4. The highest BCUT2D eigenvalue weighted by atomic mass is 35.5. The van der Waals surface area contributed by atoms with Gasteiger partial charge in [-0.25, -0.2) is 9.97 Å². The molecule has 0 aromatic carbocycles. The van der Waals surface area contributed by atoms with Gasteiger partial charge < -0.3 is 5.32 Å². The molecule has 76 valence electrons. The van der Waals surface area contributed by atoms with E-state index in [9.17, 15) is 0 Å². The van der Waals surface area contributed by atoms with Gasteiger partial charge in [0.15, 0.2) is 5.16 Å². The Morgan fingerprint density at radius 1 is 1.31 bits per heavy atom. The van der Waals surface area contributed by atoms with Crippen LogP contribution in [0.3, 0.4) is 0 Å². The zero-order chi connectivity index (χ0) is 7.94. The zero-order valence-electron chi connectivity index (χ0n) is 7.27. The second-order valence-electron chi connectivity index (χ2n) is 1.98. The van der Waals surface area contributed by atoms with E-state index < -0.39 is 0 Å². The second kappa shape index (κ2) is 10.1. The lowest BCUT2D eigenvalue weighted by molar-refractivity contribution is 0.867. The van der Waals surface area contributed by atoms with Crippen molar-refractivity contribution in [2.24, 2.45) is 0 Å². The highest BCUT2D eigenvalue weighted by Crippen LogP contribution is 2.08. The summed E-state index contributed by atoms with van der Waals surface area (Å²) in [6.07, 6.45) is 3.52. The molecule has 1 aromatic rings. The minimum Gasteiger partial charge on any atom is -0.319 e. The smallest absolute Gasteiger partial charge is 0.187 e. The number of hydrogen-bond donors (Lipinski definition) is 1. The average Bonchev–Trinajstić information content (AvgIpc) is 2.07. The van der Waals surface area contributed by atoms with Gasteiger partial charge in [0.05, 0.1) is 0 Å². The van der Waals surface area contributed by atoms with Crippen molar-refractivity contribution in [3.63, 3.8) is 0 Å². The number of rotatable bonds is 4. The van der Waals surface area contributed by atoms with Crippen LogP contribution in [0, 0.1) is 0 Å². The highest BCUT2D eigenvalue weighted by Gasteiger charge is 1.92. The molecule has 0 bridgehead atoms. The molecule has 0 saturated carbocycles. The number of thioether (sulfide) groups is 1. The molecule has 0 atom stereocenters. The Morgan fingerprint density at radius 3 is 2.46 bits per heavy atom. The van der Waals surface area contributed by atoms with Crippen LogP contribution in [0.1, 0.15) is 0 Å². The molecule has 0 fully saturated rings.